The summed E-state index contributed by atoms with van der Waals surface area (Å²) in [6, 6.07) is 12.9. The fraction of sp³-hybridized carbons (Fsp3) is 0.381. The zero-order valence-corrected chi connectivity index (χ0v) is 15.6. The smallest absolute Gasteiger partial charge is 0.285 e. The van der Waals surface area contributed by atoms with Gasteiger partial charge in [0.05, 0.1) is 4.92 Å². The molecule has 1 aliphatic rings. The van der Waals surface area contributed by atoms with Gasteiger partial charge in [0.2, 0.25) is 0 Å². The van der Waals surface area contributed by atoms with Crippen molar-refractivity contribution in [2.75, 3.05) is 13.1 Å². The summed E-state index contributed by atoms with van der Waals surface area (Å²) in [6.07, 6.45) is 3.76. The highest BCUT2D eigenvalue weighted by Crippen LogP contribution is 2.23. The summed E-state index contributed by atoms with van der Waals surface area (Å²) in [5, 5.41) is 14.2. The van der Waals surface area contributed by atoms with Crippen LogP contribution < -0.4 is 5.32 Å². The molecule has 0 aromatic heterocycles. The van der Waals surface area contributed by atoms with Crippen LogP contribution in [0.5, 0.6) is 0 Å². The van der Waals surface area contributed by atoms with E-state index >= 15 is 0 Å². The van der Waals surface area contributed by atoms with Gasteiger partial charge in [0.1, 0.15) is 5.56 Å². The third-order valence-corrected chi connectivity index (χ3v) is 5.07. The van der Waals surface area contributed by atoms with E-state index in [4.69, 9.17) is 0 Å². The summed E-state index contributed by atoms with van der Waals surface area (Å²) in [4.78, 5) is 25.8. The zero-order chi connectivity index (χ0) is 19.2. The lowest BCUT2D eigenvalue weighted by molar-refractivity contribution is -0.385. The average Bonchev–Trinajstić information content (AvgIpc) is 2.67. The number of carbonyl (C=O) groups excluding carboxylic acids is 1. The first-order valence-corrected chi connectivity index (χ1v) is 9.37. The van der Waals surface area contributed by atoms with E-state index in [0.29, 0.717) is 12.1 Å². The molecule has 6 heteroatoms. The van der Waals surface area contributed by atoms with Crippen molar-refractivity contribution in [3.05, 3.63) is 74.8 Å². The number of nitro groups is 1. The number of carbonyl (C=O) groups is 1. The molecule has 3 rings (SSSR count). The van der Waals surface area contributed by atoms with E-state index in [2.05, 4.69) is 16.3 Å². The number of amides is 1. The van der Waals surface area contributed by atoms with Crippen molar-refractivity contribution in [1.29, 1.82) is 0 Å². The number of benzene rings is 2. The van der Waals surface area contributed by atoms with Gasteiger partial charge in [-0.15, -0.1) is 0 Å². The van der Waals surface area contributed by atoms with Crippen LogP contribution in [0.2, 0.25) is 0 Å². The van der Waals surface area contributed by atoms with Gasteiger partial charge in [0.15, 0.2) is 0 Å². The van der Waals surface area contributed by atoms with Crippen LogP contribution >= 0.6 is 0 Å². The van der Waals surface area contributed by atoms with Gasteiger partial charge in [-0.2, -0.15) is 0 Å². The molecule has 6 nitrogen and oxygen atoms in total. The highest BCUT2D eigenvalue weighted by molar-refractivity contribution is 5.98. The summed E-state index contributed by atoms with van der Waals surface area (Å²) in [5.74, 6) is -0.418. The van der Waals surface area contributed by atoms with Gasteiger partial charge in [-0.3, -0.25) is 19.8 Å². The largest absolute Gasteiger partial charge is 0.348 e. The molecule has 0 radical (unpaired) electrons. The Morgan fingerprint density at radius 2 is 1.78 bits per heavy atom. The van der Waals surface area contributed by atoms with Crippen molar-refractivity contribution >= 4 is 11.6 Å². The number of piperidine rings is 1. The van der Waals surface area contributed by atoms with Gasteiger partial charge in [-0.1, -0.05) is 42.8 Å². The molecule has 1 saturated heterocycles. The molecule has 0 atom stereocenters. The number of nitrogens with zero attached hydrogens (tertiary/aromatic N) is 2. The van der Waals surface area contributed by atoms with Crippen molar-refractivity contribution in [2.24, 2.45) is 0 Å². The molecule has 0 aliphatic carbocycles. The van der Waals surface area contributed by atoms with Gasteiger partial charge in [0, 0.05) is 18.7 Å². The van der Waals surface area contributed by atoms with Crippen molar-refractivity contribution in [2.45, 2.75) is 39.3 Å². The molecular weight excluding hydrogens is 342 g/mol. The third kappa shape index (κ3) is 4.71. The normalized spacial score (nSPS) is 14.7. The van der Waals surface area contributed by atoms with Crippen LogP contribution in [0.25, 0.3) is 0 Å². The highest BCUT2D eigenvalue weighted by atomic mass is 16.6. The van der Waals surface area contributed by atoms with E-state index in [1.807, 2.05) is 18.2 Å². The Hall–Kier alpha value is -2.73. The minimum absolute atomic E-state index is 0.105. The number of hydrogen-bond acceptors (Lipinski definition) is 4. The number of nitrogens with one attached hydrogen (secondary N) is 1. The van der Waals surface area contributed by atoms with Crippen molar-refractivity contribution < 1.29 is 9.72 Å². The molecule has 0 unspecified atom stereocenters. The van der Waals surface area contributed by atoms with Gasteiger partial charge in [-0.05, 0) is 50.0 Å². The van der Waals surface area contributed by atoms with Crippen LogP contribution in [0.4, 0.5) is 5.69 Å². The molecule has 1 N–H and O–H groups in total. The van der Waals surface area contributed by atoms with Gasteiger partial charge >= 0.3 is 0 Å². The van der Waals surface area contributed by atoms with Crippen molar-refractivity contribution in [3.63, 3.8) is 0 Å². The number of hydrogen-bond donors (Lipinski definition) is 1. The predicted molar refractivity (Wildman–Crippen MR) is 105 cm³/mol. The minimum atomic E-state index is -0.492. The minimum Gasteiger partial charge on any atom is -0.348 e. The molecule has 0 bridgehead atoms. The Morgan fingerprint density at radius 1 is 1.07 bits per heavy atom. The SMILES string of the molecule is Cc1cccc(C(=O)NCc2ccccc2CN2CCCCC2)c1[N+](=O)[O-]. The first-order chi connectivity index (χ1) is 13.1. The Kier molecular flexibility index (Phi) is 6.19. The maximum Gasteiger partial charge on any atom is 0.285 e. The van der Waals surface area contributed by atoms with E-state index < -0.39 is 10.8 Å². The van der Waals surface area contributed by atoms with E-state index in [0.717, 1.165) is 25.2 Å². The van der Waals surface area contributed by atoms with Gasteiger partial charge in [0.25, 0.3) is 11.6 Å². The molecule has 0 saturated carbocycles. The second-order valence-corrected chi connectivity index (χ2v) is 7.02. The maximum absolute atomic E-state index is 12.6. The topological polar surface area (TPSA) is 75.5 Å². The van der Waals surface area contributed by atoms with Crippen LogP contribution in [-0.4, -0.2) is 28.8 Å². The first-order valence-electron chi connectivity index (χ1n) is 9.37. The van der Waals surface area contributed by atoms with E-state index in [9.17, 15) is 14.9 Å². The van der Waals surface area contributed by atoms with Crippen LogP contribution in [0.3, 0.4) is 0 Å². The Bertz CT molecular complexity index is 829. The molecule has 1 heterocycles. The Balaban J connectivity index is 1.71. The van der Waals surface area contributed by atoms with Crippen LogP contribution in [-0.2, 0) is 13.1 Å². The van der Waals surface area contributed by atoms with E-state index in [1.165, 1.54) is 30.9 Å². The third-order valence-electron chi connectivity index (χ3n) is 5.07. The quantitative estimate of drug-likeness (QED) is 0.622. The molecule has 0 spiro atoms. The molecule has 2 aromatic rings. The lowest BCUT2D eigenvalue weighted by Gasteiger charge is -2.27. The molecule has 142 valence electrons. The second kappa shape index (κ2) is 8.77. The van der Waals surface area contributed by atoms with Crippen LogP contribution in [0.15, 0.2) is 42.5 Å². The lowest BCUT2D eigenvalue weighted by atomic mass is 10.0. The van der Waals surface area contributed by atoms with Gasteiger partial charge < -0.3 is 5.32 Å². The average molecular weight is 367 g/mol. The number of nitro benzene ring substituents is 1. The van der Waals surface area contributed by atoms with Crippen LogP contribution in [0, 0.1) is 17.0 Å². The summed E-state index contributed by atoms with van der Waals surface area (Å²) in [6.45, 7) is 5.08. The van der Waals surface area contributed by atoms with E-state index in [1.54, 1.807) is 19.1 Å². The maximum atomic E-state index is 12.6. The number of aryl methyl sites for hydroxylation is 1. The Morgan fingerprint density at radius 3 is 2.48 bits per heavy atom. The molecule has 2 aromatic carbocycles. The fourth-order valence-corrected chi connectivity index (χ4v) is 3.60. The summed E-state index contributed by atoms with van der Waals surface area (Å²) >= 11 is 0. The first kappa shape index (κ1) is 19.0. The highest BCUT2D eigenvalue weighted by Gasteiger charge is 2.22. The molecule has 1 aliphatic heterocycles. The molecule has 27 heavy (non-hydrogen) atoms. The summed E-state index contributed by atoms with van der Waals surface area (Å²) in [7, 11) is 0. The fourth-order valence-electron chi connectivity index (χ4n) is 3.60. The van der Waals surface area contributed by atoms with Gasteiger partial charge in [-0.25, -0.2) is 0 Å². The summed E-state index contributed by atoms with van der Waals surface area (Å²) < 4.78 is 0. The molecule has 1 fully saturated rings. The van der Waals surface area contributed by atoms with Crippen molar-refractivity contribution in [1.82, 2.24) is 10.2 Å². The number of rotatable bonds is 6. The number of para-hydroxylation sites is 1. The molecular formula is C21H25N3O3. The van der Waals surface area contributed by atoms with Crippen molar-refractivity contribution in [3.8, 4) is 0 Å². The Labute approximate surface area is 159 Å². The van der Waals surface area contributed by atoms with E-state index in [-0.39, 0.29) is 11.3 Å². The predicted octanol–water partition coefficient (Wildman–Crippen LogP) is 3.82. The molecule has 1 amide bonds. The monoisotopic (exact) mass is 367 g/mol. The zero-order valence-electron chi connectivity index (χ0n) is 15.6. The lowest BCUT2D eigenvalue weighted by Crippen LogP contribution is -2.30. The standard InChI is InChI=1S/C21H25N3O3/c1-16-8-7-11-19(20(16)24(26)27)21(25)22-14-17-9-3-4-10-18(17)15-23-12-5-2-6-13-23/h3-4,7-11H,2,5-6,12-15H2,1H3,(H,22,25). The van der Waals surface area contributed by atoms with Crippen LogP contribution in [0.1, 0.15) is 46.3 Å². The second-order valence-electron chi connectivity index (χ2n) is 7.02. The number of likely N-dealkylation sites (tertiary alicyclic amines) is 1. The summed E-state index contributed by atoms with van der Waals surface area (Å²) in [5.41, 5.74) is 2.70.